The van der Waals surface area contributed by atoms with E-state index in [1.54, 1.807) is 39.2 Å². The molecule has 2 unspecified atom stereocenters. The van der Waals surface area contributed by atoms with Gasteiger partial charge in [-0.25, -0.2) is 4.99 Å². The molecular formula is C16H25F2N2OP. The average molecular weight is 330 g/mol. The van der Waals surface area contributed by atoms with Crippen LogP contribution in [0.25, 0.3) is 0 Å². The van der Waals surface area contributed by atoms with E-state index in [1.807, 2.05) is 18.9 Å². The fraction of sp³-hybridized carbons (Fsp3) is 0.562. The molecule has 0 aromatic heterocycles. The third kappa shape index (κ3) is 3.82. The van der Waals surface area contributed by atoms with Crippen LogP contribution in [-0.2, 0) is 5.60 Å². The van der Waals surface area contributed by atoms with Crippen molar-refractivity contribution in [3.05, 3.63) is 28.8 Å². The van der Waals surface area contributed by atoms with Gasteiger partial charge in [-0.3, -0.25) is 0 Å². The summed E-state index contributed by atoms with van der Waals surface area (Å²) in [6.07, 6.45) is 1.63. The Labute approximate surface area is 133 Å². The summed E-state index contributed by atoms with van der Waals surface area (Å²) in [6.45, 7) is 7.91. The van der Waals surface area contributed by atoms with Crippen molar-refractivity contribution in [2.75, 3.05) is 13.6 Å². The van der Waals surface area contributed by atoms with Crippen LogP contribution in [0.4, 0.5) is 14.5 Å². The fourth-order valence-corrected chi connectivity index (χ4v) is 2.59. The van der Waals surface area contributed by atoms with Crippen molar-refractivity contribution in [3.8, 4) is 0 Å². The van der Waals surface area contributed by atoms with E-state index >= 15 is 0 Å². The molecule has 6 heteroatoms. The normalized spacial score (nSPS) is 15.1. The Hall–Kier alpha value is -1.06. The van der Waals surface area contributed by atoms with E-state index < -0.39 is 11.3 Å². The predicted molar refractivity (Wildman–Crippen MR) is 91.2 cm³/mol. The summed E-state index contributed by atoms with van der Waals surface area (Å²) in [4.78, 5) is 6.29. The van der Waals surface area contributed by atoms with Crippen LogP contribution in [0.15, 0.2) is 17.1 Å². The first-order valence-corrected chi connectivity index (χ1v) is 7.89. The molecule has 0 fully saturated rings. The minimum absolute atomic E-state index is 0.0784. The number of benzene rings is 1. The van der Waals surface area contributed by atoms with Gasteiger partial charge >= 0.3 is 0 Å². The third-order valence-corrected chi connectivity index (χ3v) is 4.42. The van der Waals surface area contributed by atoms with E-state index in [2.05, 4.69) is 4.99 Å². The maximum absolute atomic E-state index is 13.8. The second-order valence-corrected chi connectivity index (χ2v) is 6.33. The molecule has 124 valence electrons. The summed E-state index contributed by atoms with van der Waals surface area (Å²) in [5.74, 6) is 0. The van der Waals surface area contributed by atoms with Gasteiger partial charge in [0.2, 0.25) is 0 Å². The minimum atomic E-state index is -3.30. The number of hydrogen-bond acceptors (Lipinski definition) is 2. The first-order valence-electron chi connectivity index (χ1n) is 7.32. The molecular weight excluding hydrogens is 305 g/mol. The van der Waals surface area contributed by atoms with Gasteiger partial charge in [-0.05, 0) is 49.9 Å². The lowest BCUT2D eigenvalue weighted by Gasteiger charge is -2.34. The van der Waals surface area contributed by atoms with E-state index in [1.165, 1.54) is 9.24 Å². The molecule has 0 amide bonds. The van der Waals surface area contributed by atoms with Gasteiger partial charge in [-0.1, -0.05) is 22.2 Å². The highest BCUT2D eigenvalue weighted by molar-refractivity contribution is 7.18. The van der Waals surface area contributed by atoms with E-state index in [4.69, 9.17) is 0 Å². The van der Waals surface area contributed by atoms with Crippen LogP contribution in [0.1, 0.15) is 37.0 Å². The Morgan fingerprint density at radius 1 is 1.27 bits per heavy atom. The summed E-state index contributed by atoms with van der Waals surface area (Å²) in [6, 6.07) is 3.34. The standard InChI is InChI=1S/C16H25F2N2OP/c1-6-15(21,16(17,18)22)13-8-12(4)14(9-11(13)3)19-10-20(5)7-2/h8-10,21H,6-7,22H2,1-5H3. The molecule has 0 aliphatic carbocycles. The smallest absolute Gasteiger partial charge is 0.290 e. The molecule has 2 atom stereocenters. The number of aliphatic hydroxyl groups is 1. The zero-order valence-corrected chi connectivity index (χ0v) is 15.0. The lowest BCUT2D eigenvalue weighted by atomic mass is 9.86. The highest BCUT2D eigenvalue weighted by Crippen LogP contribution is 2.46. The molecule has 0 saturated carbocycles. The molecule has 0 heterocycles. The Bertz CT molecular complexity index is 558. The number of aryl methyl sites for hydroxylation is 2. The van der Waals surface area contributed by atoms with E-state index in [0.29, 0.717) is 11.3 Å². The minimum Gasteiger partial charge on any atom is -0.378 e. The summed E-state index contributed by atoms with van der Waals surface area (Å²) < 4.78 is 27.7. The molecule has 3 nitrogen and oxygen atoms in total. The van der Waals surface area contributed by atoms with Crippen LogP contribution in [0, 0.1) is 13.8 Å². The van der Waals surface area contributed by atoms with Crippen LogP contribution in [-0.4, -0.2) is 35.6 Å². The monoisotopic (exact) mass is 330 g/mol. The second-order valence-electron chi connectivity index (χ2n) is 5.61. The van der Waals surface area contributed by atoms with Crippen LogP contribution < -0.4 is 0 Å². The van der Waals surface area contributed by atoms with Crippen molar-refractivity contribution in [2.45, 2.75) is 45.4 Å². The van der Waals surface area contributed by atoms with Gasteiger partial charge in [0.1, 0.15) is 0 Å². The van der Waals surface area contributed by atoms with Gasteiger partial charge in [-0.2, -0.15) is 8.78 Å². The molecule has 1 aromatic rings. The van der Waals surface area contributed by atoms with Crippen LogP contribution >= 0.6 is 9.24 Å². The molecule has 0 bridgehead atoms. The van der Waals surface area contributed by atoms with Crippen LogP contribution in [0.3, 0.4) is 0 Å². The van der Waals surface area contributed by atoms with Crippen molar-refractivity contribution in [1.82, 2.24) is 4.90 Å². The van der Waals surface area contributed by atoms with E-state index in [0.717, 1.165) is 12.1 Å². The molecule has 0 saturated heterocycles. The first-order chi connectivity index (χ1) is 10.1. The SMILES string of the molecule is CCN(C)C=Nc1cc(C)c(C(O)(CC)C(F)(F)P)cc1C. The van der Waals surface area contributed by atoms with Gasteiger partial charge in [0.15, 0.2) is 5.60 Å². The molecule has 0 aliphatic heterocycles. The summed E-state index contributed by atoms with van der Waals surface area (Å²) in [7, 11) is 3.36. The average Bonchev–Trinajstić information content (AvgIpc) is 2.45. The Kier molecular flexibility index (Phi) is 6.05. The first kappa shape index (κ1) is 19.0. The van der Waals surface area contributed by atoms with Crippen molar-refractivity contribution in [1.29, 1.82) is 0 Å². The van der Waals surface area contributed by atoms with Gasteiger partial charge in [-0.15, -0.1) is 0 Å². The second kappa shape index (κ2) is 7.01. The fourth-order valence-electron chi connectivity index (χ4n) is 2.23. The van der Waals surface area contributed by atoms with Gasteiger partial charge in [0, 0.05) is 13.6 Å². The quantitative estimate of drug-likeness (QED) is 0.486. The molecule has 1 N–H and O–H groups in total. The van der Waals surface area contributed by atoms with Gasteiger partial charge < -0.3 is 10.0 Å². The topological polar surface area (TPSA) is 35.8 Å². The number of aliphatic imine (C=N–C) groups is 1. The van der Waals surface area contributed by atoms with Crippen molar-refractivity contribution in [2.24, 2.45) is 4.99 Å². The number of halogens is 2. The largest absolute Gasteiger partial charge is 0.378 e. The van der Waals surface area contributed by atoms with Gasteiger partial charge in [0.05, 0.1) is 12.0 Å². The van der Waals surface area contributed by atoms with Crippen molar-refractivity contribution >= 4 is 21.3 Å². The molecule has 0 aliphatic rings. The third-order valence-electron chi connectivity index (χ3n) is 3.94. The number of nitrogens with zero attached hydrogens (tertiary/aromatic N) is 2. The summed E-state index contributed by atoms with van der Waals surface area (Å²) >= 11 is 0. The lowest BCUT2D eigenvalue weighted by Crippen LogP contribution is -2.41. The van der Waals surface area contributed by atoms with E-state index in [-0.39, 0.29) is 12.0 Å². The maximum Gasteiger partial charge on any atom is 0.290 e. The molecule has 0 radical (unpaired) electrons. The zero-order valence-electron chi connectivity index (χ0n) is 13.8. The van der Waals surface area contributed by atoms with E-state index in [9.17, 15) is 13.9 Å². The van der Waals surface area contributed by atoms with Crippen LogP contribution in [0.5, 0.6) is 0 Å². The Morgan fingerprint density at radius 3 is 2.32 bits per heavy atom. The highest BCUT2D eigenvalue weighted by atomic mass is 31.0. The molecule has 0 spiro atoms. The van der Waals surface area contributed by atoms with Crippen molar-refractivity contribution < 1.29 is 13.9 Å². The van der Waals surface area contributed by atoms with Crippen LogP contribution in [0.2, 0.25) is 0 Å². The number of hydrogen-bond donors (Lipinski definition) is 1. The molecule has 1 rings (SSSR count). The van der Waals surface area contributed by atoms with Gasteiger partial charge in [0.25, 0.3) is 5.66 Å². The molecule has 1 aromatic carbocycles. The number of rotatable bonds is 6. The molecule has 22 heavy (non-hydrogen) atoms. The lowest BCUT2D eigenvalue weighted by molar-refractivity contribution is -0.130. The highest BCUT2D eigenvalue weighted by Gasteiger charge is 2.49. The van der Waals surface area contributed by atoms with Crippen molar-refractivity contribution in [3.63, 3.8) is 0 Å². The zero-order chi connectivity index (χ0) is 17.1. The Morgan fingerprint density at radius 2 is 1.86 bits per heavy atom. The predicted octanol–water partition coefficient (Wildman–Crippen LogP) is 3.98. The Balaban J connectivity index is 3.33. The maximum atomic E-state index is 13.8. The summed E-state index contributed by atoms with van der Waals surface area (Å²) in [5, 5.41) is 10.5. The summed E-state index contributed by atoms with van der Waals surface area (Å²) in [5.41, 5.74) is -3.19. The number of alkyl halides is 2.